The van der Waals surface area contributed by atoms with Gasteiger partial charge < -0.3 is 0 Å². The maximum absolute atomic E-state index is 15.2. The quantitative estimate of drug-likeness (QED) is 0.272. The lowest BCUT2D eigenvalue weighted by Gasteiger charge is -2.45. The molecule has 0 bridgehead atoms. The minimum atomic E-state index is -1.45. The SMILES string of the molecule is [C-]#[N+][C@]12O[C@H]1[C@@]1(C)c3nc(-c4ccnc5ccccc45)nc(-c4ccccc4F)c3CC[C@@H]1[C@@H](C)C2=O. The van der Waals surface area contributed by atoms with Crippen LogP contribution in [-0.2, 0) is 21.4 Å². The van der Waals surface area contributed by atoms with Crippen molar-refractivity contribution >= 4 is 16.7 Å². The van der Waals surface area contributed by atoms with E-state index in [1.807, 2.05) is 37.3 Å². The number of hydrogen-bond donors (Lipinski definition) is 0. The number of fused-ring (bicyclic) bond motifs is 6. The molecule has 2 aromatic heterocycles. The molecule has 37 heavy (non-hydrogen) atoms. The van der Waals surface area contributed by atoms with Gasteiger partial charge in [-0.3, -0.25) is 19.4 Å². The van der Waals surface area contributed by atoms with Crippen molar-refractivity contribution in [1.82, 2.24) is 15.0 Å². The lowest BCUT2D eigenvalue weighted by molar-refractivity contribution is -0.130. The highest BCUT2D eigenvalue weighted by atomic mass is 19.1. The summed E-state index contributed by atoms with van der Waals surface area (Å²) in [4.78, 5) is 31.4. The van der Waals surface area contributed by atoms with Gasteiger partial charge in [-0.05, 0) is 43.0 Å². The molecule has 2 aromatic carbocycles. The summed E-state index contributed by atoms with van der Waals surface area (Å²) in [7, 11) is 0. The number of carbonyl (C=O) groups excluding carboxylic acids is 1. The zero-order chi connectivity index (χ0) is 25.5. The number of ketones is 1. The van der Waals surface area contributed by atoms with Crippen LogP contribution in [0, 0.1) is 24.2 Å². The Labute approximate surface area is 213 Å². The van der Waals surface area contributed by atoms with Crippen molar-refractivity contribution in [3.63, 3.8) is 0 Å². The number of aromatic nitrogens is 3. The van der Waals surface area contributed by atoms with E-state index in [9.17, 15) is 4.79 Å². The fourth-order valence-corrected chi connectivity index (χ4v) is 6.83. The molecule has 0 N–H and O–H groups in total. The number of benzene rings is 2. The number of halogens is 1. The van der Waals surface area contributed by atoms with Crippen LogP contribution in [0.15, 0.2) is 60.8 Å². The molecule has 2 fully saturated rings. The van der Waals surface area contributed by atoms with Crippen LogP contribution in [0.25, 0.3) is 38.4 Å². The summed E-state index contributed by atoms with van der Waals surface area (Å²) in [5, 5.41) is 0.896. The number of pyridine rings is 1. The Balaban J connectivity index is 1.54. The van der Waals surface area contributed by atoms with E-state index < -0.39 is 17.2 Å². The van der Waals surface area contributed by atoms with Gasteiger partial charge in [0.05, 0.1) is 22.3 Å². The van der Waals surface area contributed by atoms with Crippen molar-refractivity contribution in [1.29, 1.82) is 0 Å². The maximum atomic E-state index is 15.2. The van der Waals surface area contributed by atoms with Gasteiger partial charge in [-0.1, -0.05) is 44.2 Å². The third-order valence-corrected chi connectivity index (χ3v) is 8.69. The van der Waals surface area contributed by atoms with Gasteiger partial charge in [0.2, 0.25) is 0 Å². The normalized spacial score (nSPS) is 29.7. The van der Waals surface area contributed by atoms with Gasteiger partial charge in [-0.15, -0.1) is 0 Å². The van der Waals surface area contributed by atoms with E-state index in [1.54, 1.807) is 24.4 Å². The summed E-state index contributed by atoms with van der Waals surface area (Å²) in [5.41, 5.74) is 2.05. The van der Waals surface area contributed by atoms with Crippen molar-refractivity contribution in [3.05, 3.63) is 89.3 Å². The first-order chi connectivity index (χ1) is 17.9. The number of carbonyl (C=O) groups is 1. The Bertz CT molecular complexity index is 1680. The van der Waals surface area contributed by atoms with Gasteiger partial charge in [-0.2, -0.15) is 0 Å². The van der Waals surface area contributed by atoms with Crippen LogP contribution in [0.2, 0.25) is 0 Å². The van der Waals surface area contributed by atoms with E-state index in [2.05, 4.69) is 16.8 Å². The van der Waals surface area contributed by atoms with Gasteiger partial charge in [0, 0.05) is 34.2 Å². The van der Waals surface area contributed by atoms with Crippen LogP contribution >= 0.6 is 0 Å². The average Bonchev–Trinajstić information content (AvgIpc) is 3.69. The second-order valence-electron chi connectivity index (χ2n) is 10.5. The van der Waals surface area contributed by atoms with Crippen LogP contribution in [0.5, 0.6) is 0 Å². The van der Waals surface area contributed by atoms with Gasteiger partial charge in [0.1, 0.15) is 5.82 Å². The highest BCUT2D eigenvalue weighted by Crippen LogP contribution is 2.63. The Morgan fingerprint density at radius 3 is 2.68 bits per heavy atom. The third-order valence-electron chi connectivity index (χ3n) is 8.69. The lowest BCUT2D eigenvalue weighted by atomic mass is 9.55. The Kier molecular flexibility index (Phi) is 4.50. The molecular formula is C30H23FN4O2. The van der Waals surface area contributed by atoms with Crippen LogP contribution in [-0.4, -0.2) is 32.6 Å². The highest BCUT2D eigenvalue weighted by Gasteiger charge is 2.83. The molecule has 7 rings (SSSR count). The van der Waals surface area contributed by atoms with Crippen molar-refractivity contribution in [2.45, 2.75) is 43.9 Å². The molecule has 6 nitrogen and oxygen atoms in total. The summed E-state index contributed by atoms with van der Waals surface area (Å²) in [5.74, 6) is -0.409. The lowest BCUT2D eigenvalue weighted by Crippen LogP contribution is -2.55. The minimum absolute atomic E-state index is 0.0414. The predicted molar refractivity (Wildman–Crippen MR) is 136 cm³/mol. The molecule has 3 aliphatic rings. The molecule has 0 radical (unpaired) electrons. The van der Waals surface area contributed by atoms with Crippen LogP contribution in [0.3, 0.4) is 0 Å². The van der Waals surface area contributed by atoms with E-state index in [-0.39, 0.29) is 23.4 Å². The number of hydrogen-bond acceptors (Lipinski definition) is 5. The van der Waals surface area contributed by atoms with E-state index in [0.717, 1.165) is 27.7 Å². The van der Waals surface area contributed by atoms with E-state index in [1.165, 1.54) is 6.07 Å². The Morgan fingerprint density at radius 1 is 1.08 bits per heavy atom. The molecule has 2 aliphatic carbocycles. The first-order valence-corrected chi connectivity index (χ1v) is 12.5. The second-order valence-corrected chi connectivity index (χ2v) is 10.5. The fraction of sp³-hybridized carbons (Fsp3) is 0.300. The number of nitrogens with zero attached hydrogens (tertiary/aromatic N) is 4. The minimum Gasteiger partial charge on any atom is -0.287 e. The molecule has 4 aromatic rings. The summed E-state index contributed by atoms with van der Waals surface area (Å²) in [6, 6.07) is 16.3. The molecule has 1 aliphatic heterocycles. The summed E-state index contributed by atoms with van der Waals surface area (Å²) < 4.78 is 21.2. The molecule has 0 unspecified atom stereocenters. The van der Waals surface area contributed by atoms with Crippen LogP contribution in [0.1, 0.15) is 31.5 Å². The standard InChI is InChI=1S/C30H23FN4O2/c1-16-21-13-12-20-24(19-9-4-6-10-22(19)31)34-27(18-14-15-33-23-11-7-5-8-17(18)23)35-25(20)29(21,2)28-30(32-3,37-28)26(16)36/h4-11,14-16,21,28H,12-13H2,1-2H3/t16-,21-,28+,29-,30-/m1/s1. The summed E-state index contributed by atoms with van der Waals surface area (Å²) in [6.45, 7) is 11.8. The molecule has 5 atom stereocenters. The second kappa shape index (κ2) is 7.50. The summed E-state index contributed by atoms with van der Waals surface area (Å²) in [6.07, 6.45) is 2.47. The molecule has 3 heterocycles. The molecule has 0 spiro atoms. The van der Waals surface area contributed by atoms with Gasteiger partial charge in [0.15, 0.2) is 11.9 Å². The van der Waals surface area contributed by atoms with Crippen molar-refractivity contribution < 1.29 is 13.9 Å². The smallest absolute Gasteiger partial charge is 0.287 e. The van der Waals surface area contributed by atoms with Crippen molar-refractivity contribution in [2.75, 3.05) is 0 Å². The van der Waals surface area contributed by atoms with E-state index >= 15 is 4.39 Å². The Morgan fingerprint density at radius 2 is 1.86 bits per heavy atom. The van der Waals surface area contributed by atoms with E-state index in [4.69, 9.17) is 21.3 Å². The van der Waals surface area contributed by atoms with Crippen LogP contribution in [0.4, 0.5) is 4.39 Å². The first-order valence-electron chi connectivity index (χ1n) is 12.5. The number of epoxide rings is 1. The number of para-hydroxylation sites is 1. The van der Waals surface area contributed by atoms with Gasteiger partial charge in [-0.25, -0.2) is 20.9 Å². The molecule has 0 amide bonds. The van der Waals surface area contributed by atoms with Crippen molar-refractivity contribution in [2.24, 2.45) is 11.8 Å². The largest absolute Gasteiger partial charge is 0.424 e. The Hall–Kier alpha value is -4.02. The number of rotatable bonds is 2. The summed E-state index contributed by atoms with van der Waals surface area (Å²) >= 11 is 0. The molecule has 182 valence electrons. The molecule has 1 saturated carbocycles. The molecule has 7 heteroatoms. The maximum Gasteiger partial charge on any atom is 0.424 e. The first kappa shape index (κ1) is 22.2. The predicted octanol–water partition coefficient (Wildman–Crippen LogP) is 5.55. The zero-order valence-corrected chi connectivity index (χ0v) is 20.4. The van der Waals surface area contributed by atoms with Gasteiger partial charge in [0.25, 0.3) is 5.78 Å². The van der Waals surface area contributed by atoms with Crippen molar-refractivity contribution in [3.8, 4) is 22.6 Å². The topological polar surface area (TPSA) is 72.6 Å². The number of Topliss-reactive ketones (excluding diaryl/α,β-unsaturated/α-hetero) is 1. The highest BCUT2D eigenvalue weighted by molar-refractivity contribution is 5.96. The van der Waals surface area contributed by atoms with E-state index in [0.29, 0.717) is 29.9 Å². The molecule has 1 saturated heterocycles. The van der Waals surface area contributed by atoms with Crippen LogP contribution < -0.4 is 0 Å². The average molecular weight is 491 g/mol. The monoisotopic (exact) mass is 490 g/mol. The fourth-order valence-electron chi connectivity index (χ4n) is 6.83. The molecular weight excluding hydrogens is 467 g/mol. The number of ether oxygens (including phenoxy) is 1. The van der Waals surface area contributed by atoms with Gasteiger partial charge >= 0.3 is 5.72 Å². The zero-order valence-electron chi connectivity index (χ0n) is 20.4. The third kappa shape index (κ3) is 2.82.